The summed E-state index contributed by atoms with van der Waals surface area (Å²) in [5.41, 5.74) is -2.74. The predicted octanol–water partition coefficient (Wildman–Crippen LogP) is 3.40. The molecule has 0 aliphatic carbocycles. The number of rotatable bonds is 2. The summed E-state index contributed by atoms with van der Waals surface area (Å²) in [4.78, 5) is 32.1. The molecular weight excluding hydrogens is 414 g/mol. The van der Waals surface area contributed by atoms with E-state index in [0.717, 1.165) is 34.5 Å². The summed E-state index contributed by atoms with van der Waals surface area (Å²) in [6.07, 6.45) is -4.78. The topological polar surface area (TPSA) is 67.3 Å². The van der Waals surface area contributed by atoms with Gasteiger partial charge >= 0.3 is 11.9 Å². The number of thioether (sulfide) groups is 1. The van der Waals surface area contributed by atoms with Crippen LogP contribution < -0.4 is 11.2 Å². The van der Waals surface area contributed by atoms with Crippen LogP contribution in [0.5, 0.6) is 0 Å². The Kier molecular flexibility index (Phi) is 4.75. The lowest BCUT2D eigenvalue weighted by Gasteiger charge is -2.19. The molecule has 0 radical (unpaired) electrons. The molecule has 0 spiro atoms. The van der Waals surface area contributed by atoms with E-state index in [1.54, 1.807) is 0 Å². The monoisotopic (exact) mass is 427 g/mol. The number of hydrogen-bond acceptors (Lipinski definition) is 5. The highest BCUT2D eigenvalue weighted by atomic mass is 32.2. The molecule has 1 aliphatic rings. The third-order valence-electron chi connectivity index (χ3n) is 4.58. The van der Waals surface area contributed by atoms with Crippen molar-refractivity contribution >= 4 is 22.7 Å². The van der Waals surface area contributed by atoms with Crippen LogP contribution in [0.4, 0.5) is 17.6 Å². The quantitative estimate of drug-likeness (QED) is 0.635. The fraction of sp³-hybridized carbons (Fsp3) is 0.222. The second kappa shape index (κ2) is 7.01. The third kappa shape index (κ3) is 3.34. The number of hydroxylamine groups is 2. The minimum atomic E-state index is -4.78. The van der Waals surface area contributed by atoms with Crippen LogP contribution in [0.2, 0.25) is 0 Å². The van der Waals surface area contributed by atoms with Gasteiger partial charge in [-0.25, -0.2) is 9.18 Å². The van der Waals surface area contributed by atoms with Crippen molar-refractivity contribution in [3.05, 3.63) is 62.6 Å². The molecule has 1 aromatic heterocycles. The molecule has 3 aromatic rings. The first-order valence-corrected chi connectivity index (χ1v) is 9.28. The molecule has 0 unspecified atom stereocenters. The summed E-state index contributed by atoms with van der Waals surface area (Å²) < 4.78 is 56.3. The zero-order valence-electron chi connectivity index (χ0n) is 14.8. The molecule has 0 bridgehead atoms. The highest BCUT2D eigenvalue weighted by Gasteiger charge is 2.37. The molecule has 0 saturated heterocycles. The molecular formula is C18H13F4N3O3S. The van der Waals surface area contributed by atoms with Gasteiger partial charge in [-0.05, 0) is 23.8 Å². The molecule has 1 aliphatic heterocycles. The number of aromatic amines is 1. The maximum atomic E-state index is 13.9. The van der Waals surface area contributed by atoms with Crippen LogP contribution in [-0.4, -0.2) is 27.6 Å². The van der Waals surface area contributed by atoms with Gasteiger partial charge in [0.05, 0.1) is 29.5 Å². The van der Waals surface area contributed by atoms with Gasteiger partial charge in [-0.15, -0.1) is 11.8 Å². The van der Waals surface area contributed by atoms with E-state index in [4.69, 9.17) is 4.84 Å². The van der Waals surface area contributed by atoms with Gasteiger partial charge in [0.2, 0.25) is 0 Å². The van der Waals surface area contributed by atoms with Gasteiger partial charge in [-0.2, -0.15) is 18.2 Å². The Morgan fingerprint density at radius 2 is 1.86 bits per heavy atom. The van der Waals surface area contributed by atoms with Gasteiger partial charge in [-0.1, -0.05) is 12.1 Å². The van der Waals surface area contributed by atoms with Crippen molar-refractivity contribution in [2.45, 2.75) is 17.7 Å². The van der Waals surface area contributed by atoms with Crippen LogP contribution in [0, 0.1) is 5.82 Å². The van der Waals surface area contributed by atoms with Crippen molar-refractivity contribution in [3.63, 3.8) is 0 Å². The molecule has 11 heteroatoms. The minimum absolute atomic E-state index is 0.0793. The molecule has 2 aromatic carbocycles. The lowest BCUT2D eigenvalue weighted by atomic mass is 9.96. The molecule has 152 valence electrons. The number of halogens is 4. The number of H-pyrrole nitrogens is 1. The summed E-state index contributed by atoms with van der Waals surface area (Å²) in [6, 6.07) is 5.31. The first-order valence-electron chi connectivity index (χ1n) is 8.29. The van der Waals surface area contributed by atoms with Gasteiger partial charge in [0.1, 0.15) is 12.5 Å². The second-order valence-corrected chi connectivity index (χ2v) is 7.25. The molecule has 2 heterocycles. The van der Waals surface area contributed by atoms with Crippen molar-refractivity contribution in [1.29, 1.82) is 0 Å². The van der Waals surface area contributed by atoms with Gasteiger partial charge in [-0.3, -0.25) is 19.2 Å². The summed E-state index contributed by atoms with van der Waals surface area (Å²) in [5.74, 6) is -0.489. The molecule has 6 nitrogen and oxygen atoms in total. The second-order valence-electron chi connectivity index (χ2n) is 6.30. The minimum Gasteiger partial charge on any atom is -0.300 e. The van der Waals surface area contributed by atoms with Crippen molar-refractivity contribution in [3.8, 4) is 11.1 Å². The Bertz CT molecular complexity index is 1220. The lowest BCUT2D eigenvalue weighted by Crippen LogP contribution is -2.35. The first kappa shape index (κ1) is 19.7. The third-order valence-corrected chi connectivity index (χ3v) is 5.69. The molecule has 4 rings (SSSR count). The number of nitrogens with one attached hydrogen (secondary N) is 1. The molecule has 0 fully saturated rings. The lowest BCUT2D eigenvalue weighted by molar-refractivity contribution is -0.137. The van der Waals surface area contributed by atoms with E-state index >= 15 is 0 Å². The van der Waals surface area contributed by atoms with Gasteiger partial charge in [0, 0.05) is 10.5 Å². The Morgan fingerprint density at radius 3 is 2.48 bits per heavy atom. The molecule has 29 heavy (non-hydrogen) atoms. The standard InChI is InChI=1S/C18H13F4N3O3S/c1-28-24-7-25-14-11(16(26)23-17(25)27)6-12(18(20,21)22)13(15(14)29-8-24)9-2-4-10(19)5-3-9/h2-6H,7-8H2,1H3,(H,23,26,27). The fourth-order valence-corrected chi connectivity index (χ4v) is 4.46. The number of alkyl halides is 3. The molecule has 0 saturated carbocycles. The van der Waals surface area contributed by atoms with Crippen LogP contribution in [-0.2, 0) is 17.7 Å². The van der Waals surface area contributed by atoms with Crippen molar-refractivity contribution < 1.29 is 22.4 Å². The van der Waals surface area contributed by atoms with Gasteiger partial charge in [0.15, 0.2) is 0 Å². The zero-order chi connectivity index (χ0) is 20.9. The van der Waals surface area contributed by atoms with E-state index in [0.29, 0.717) is 0 Å². The van der Waals surface area contributed by atoms with Gasteiger partial charge in [0.25, 0.3) is 5.56 Å². The van der Waals surface area contributed by atoms with E-state index in [1.165, 1.54) is 24.3 Å². The summed E-state index contributed by atoms with van der Waals surface area (Å²) in [6.45, 7) is -0.0865. The van der Waals surface area contributed by atoms with E-state index in [1.807, 2.05) is 0 Å². The van der Waals surface area contributed by atoms with Crippen molar-refractivity contribution in [2.24, 2.45) is 0 Å². The van der Waals surface area contributed by atoms with Crippen molar-refractivity contribution in [1.82, 2.24) is 14.6 Å². The Labute approximate surface area is 164 Å². The fourth-order valence-electron chi connectivity index (χ4n) is 3.27. The molecule has 0 atom stereocenters. The Morgan fingerprint density at radius 1 is 1.17 bits per heavy atom. The maximum Gasteiger partial charge on any atom is 0.417 e. The number of aromatic nitrogens is 2. The van der Waals surface area contributed by atoms with Crippen LogP contribution >= 0.6 is 11.8 Å². The highest BCUT2D eigenvalue weighted by molar-refractivity contribution is 7.99. The van der Waals surface area contributed by atoms with Crippen LogP contribution in [0.25, 0.3) is 22.0 Å². The summed E-state index contributed by atoms with van der Waals surface area (Å²) in [7, 11) is 1.37. The van der Waals surface area contributed by atoms with E-state index in [9.17, 15) is 27.2 Å². The van der Waals surface area contributed by atoms with Crippen LogP contribution in [0.1, 0.15) is 5.56 Å². The number of benzene rings is 2. The van der Waals surface area contributed by atoms with Gasteiger partial charge < -0.3 is 0 Å². The normalized spacial score (nSPS) is 14.9. The van der Waals surface area contributed by atoms with Crippen LogP contribution in [0.3, 0.4) is 0 Å². The first-order chi connectivity index (χ1) is 13.7. The molecule has 1 N–H and O–H groups in total. The highest BCUT2D eigenvalue weighted by Crippen LogP contribution is 2.46. The average molecular weight is 427 g/mol. The Balaban J connectivity index is 2.19. The number of hydrogen-bond donors (Lipinski definition) is 1. The zero-order valence-corrected chi connectivity index (χ0v) is 15.7. The molecule has 0 amide bonds. The Hall–Kier alpha value is -2.63. The predicted molar refractivity (Wildman–Crippen MR) is 98.8 cm³/mol. The number of nitrogens with zero attached hydrogens (tertiary/aromatic N) is 2. The van der Waals surface area contributed by atoms with E-state index in [-0.39, 0.29) is 39.5 Å². The largest absolute Gasteiger partial charge is 0.417 e. The SMILES string of the molecule is CON1CSc2c(-c3ccc(F)cc3)c(C(F)(F)F)cc3c(=O)[nH]c(=O)n(c23)C1. The summed E-state index contributed by atoms with van der Waals surface area (Å²) in [5, 5.41) is 1.11. The van der Waals surface area contributed by atoms with Crippen LogP contribution in [0.15, 0.2) is 44.8 Å². The van der Waals surface area contributed by atoms with Crippen molar-refractivity contribution in [2.75, 3.05) is 13.0 Å². The average Bonchev–Trinajstić information content (AvgIpc) is 2.86. The maximum absolute atomic E-state index is 13.9. The smallest absolute Gasteiger partial charge is 0.300 e. The van der Waals surface area contributed by atoms with E-state index < -0.39 is 28.8 Å². The summed E-state index contributed by atoms with van der Waals surface area (Å²) >= 11 is 1.00. The van der Waals surface area contributed by atoms with E-state index in [2.05, 4.69) is 4.98 Å².